The molecule has 5 heteroatoms. The third-order valence-electron chi connectivity index (χ3n) is 4.95. The second-order valence-electron chi connectivity index (χ2n) is 6.62. The van der Waals surface area contributed by atoms with Gasteiger partial charge in [-0.3, -0.25) is 5.84 Å². The summed E-state index contributed by atoms with van der Waals surface area (Å²) in [6.45, 7) is 5.42. The minimum atomic E-state index is -0.0841. The standard InChI is InChI=1S/C16H23FN4/c1-11-15-12(9-20(18)10-21(15)13-4-5-13)8-14(17)16(11)19-6-2-3-7-19/h8,13H,2-7,9-10,18H2,1H3. The molecule has 4 rings (SSSR count). The first-order valence-electron chi connectivity index (χ1n) is 7.98. The molecule has 2 heterocycles. The monoisotopic (exact) mass is 290 g/mol. The first kappa shape index (κ1) is 13.3. The van der Waals surface area contributed by atoms with Gasteiger partial charge in [-0.15, -0.1) is 0 Å². The van der Waals surface area contributed by atoms with Crippen molar-refractivity contribution in [3.05, 3.63) is 23.0 Å². The third kappa shape index (κ3) is 2.19. The van der Waals surface area contributed by atoms with Crippen LogP contribution in [0, 0.1) is 12.7 Å². The molecule has 1 saturated carbocycles. The van der Waals surface area contributed by atoms with E-state index < -0.39 is 0 Å². The van der Waals surface area contributed by atoms with Crippen molar-refractivity contribution in [3.8, 4) is 0 Å². The number of hydrogen-bond donors (Lipinski definition) is 1. The van der Waals surface area contributed by atoms with Gasteiger partial charge in [-0.05, 0) is 49.8 Å². The molecule has 3 aliphatic rings. The van der Waals surface area contributed by atoms with Crippen LogP contribution in [0.15, 0.2) is 6.07 Å². The lowest BCUT2D eigenvalue weighted by molar-refractivity contribution is 0.258. The van der Waals surface area contributed by atoms with E-state index in [9.17, 15) is 4.39 Å². The van der Waals surface area contributed by atoms with Crippen LogP contribution in [-0.4, -0.2) is 30.8 Å². The number of benzene rings is 1. The van der Waals surface area contributed by atoms with Gasteiger partial charge < -0.3 is 9.80 Å². The van der Waals surface area contributed by atoms with Crippen LogP contribution in [0.3, 0.4) is 0 Å². The fraction of sp³-hybridized carbons (Fsp3) is 0.625. The van der Waals surface area contributed by atoms with Crippen molar-refractivity contribution in [3.63, 3.8) is 0 Å². The SMILES string of the molecule is Cc1c(N2CCCC2)c(F)cc2c1N(C1CC1)CN(N)C2. The van der Waals surface area contributed by atoms with Crippen molar-refractivity contribution in [2.45, 2.75) is 45.2 Å². The quantitative estimate of drug-likeness (QED) is 0.848. The van der Waals surface area contributed by atoms with Crippen molar-refractivity contribution >= 4 is 11.4 Å². The van der Waals surface area contributed by atoms with Gasteiger partial charge in [0.1, 0.15) is 5.82 Å². The summed E-state index contributed by atoms with van der Waals surface area (Å²) in [6, 6.07) is 2.30. The minimum Gasteiger partial charge on any atom is -0.369 e. The molecule has 0 aromatic heterocycles. The van der Waals surface area contributed by atoms with Gasteiger partial charge in [-0.25, -0.2) is 9.40 Å². The zero-order valence-electron chi connectivity index (χ0n) is 12.6. The van der Waals surface area contributed by atoms with Crippen LogP contribution in [0.25, 0.3) is 0 Å². The summed E-state index contributed by atoms with van der Waals surface area (Å²) in [6.07, 6.45) is 4.78. The van der Waals surface area contributed by atoms with Gasteiger partial charge in [0.25, 0.3) is 0 Å². The summed E-state index contributed by atoms with van der Waals surface area (Å²) in [5.41, 5.74) is 4.20. The molecule has 2 aliphatic heterocycles. The Morgan fingerprint density at radius 3 is 2.57 bits per heavy atom. The van der Waals surface area contributed by atoms with Gasteiger partial charge in [0.2, 0.25) is 0 Å². The Balaban J connectivity index is 1.82. The minimum absolute atomic E-state index is 0.0841. The van der Waals surface area contributed by atoms with Crippen LogP contribution in [0.1, 0.15) is 36.8 Å². The molecule has 1 aromatic rings. The van der Waals surface area contributed by atoms with Crippen molar-refractivity contribution in [2.24, 2.45) is 5.84 Å². The number of hydrogen-bond acceptors (Lipinski definition) is 4. The highest BCUT2D eigenvalue weighted by Gasteiger charge is 2.36. The molecule has 2 N–H and O–H groups in total. The molecule has 21 heavy (non-hydrogen) atoms. The van der Waals surface area contributed by atoms with Crippen molar-refractivity contribution in [1.29, 1.82) is 0 Å². The van der Waals surface area contributed by atoms with E-state index in [0.29, 0.717) is 12.6 Å². The van der Waals surface area contributed by atoms with Crippen LogP contribution >= 0.6 is 0 Å². The summed E-state index contributed by atoms with van der Waals surface area (Å²) < 4.78 is 14.6. The number of anilines is 2. The smallest absolute Gasteiger partial charge is 0.147 e. The molecule has 0 atom stereocenters. The maximum Gasteiger partial charge on any atom is 0.147 e. The molecule has 0 bridgehead atoms. The lowest BCUT2D eigenvalue weighted by Crippen LogP contribution is -2.47. The summed E-state index contributed by atoms with van der Waals surface area (Å²) in [5.74, 6) is 5.94. The highest BCUT2D eigenvalue weighted by Crippen LogP contribution is 2.43. The second kappa shape index (κ2) is 4.85. The zero-order valence-corrected chi connectivity index (χ0v) is 12.6. The number of rotatable bonds is 2. The second-order valence-corrected chi connectivity index (χ2v) is 6.62. The molecular formula is C16H23FN4. The molecule has 114 valence electrons. The number of nitrogens with two attached hydrogens (primary N) is 1. The van der Waals surface area contributed by atoms with E-state index in [1.165, 1.54) is 31.4 Å². The van der Waals surface area contributed by atoms with E-state index in [0.717, 1.165) is 36.6 Å². The van der Waals surface area contributed by atoms with Crippen molar-refractivity contribution < 1.29 is 4.39 Å². The van der Waals surface area contributed by atoms with E-state index >= 15 is 0 Å². The van der Waals surface area contributed by atoms with Gasteiger partial charge in [-0.2, -0.15) is 0 Å². The van der Waals surface area contributed by atoms with Gasteiger partial charge in [0.15, 0.2) is 0 Å². The van der Waals surface area contributed by atoms with E-state index in [-0.39, 0.29) is 5.82 Å². The highest BCUT2D eigenvalue weighted by atomic mass is 19.1. The Kier molecular flexibility index (Phi) is 3.08. The normalized spacial score (nSPS) is 22.8. The summed E-state index contributed by atoms with van der Waals surface area (Å²) in [4.78, 5) is 4.60. The number of nitrogens with zero attached hydrogens (tertiary/aromatic N) is 3. The Labute approximate surface area is 125 Å². The fourth-order valence-corrected chi connectivity index (χ4v) is 3.89. The lowest BCUT2D eigenvalue weighted by Gasteiger charge is -2.39. The van der Waals surface area contributed by atoms with E-state index in [2.05, 4.69) is 16.7 Å². The fourth-order valence-electron chi connectivity index (χ4n) is 3.89. The van der Waals surface area contributed by atoms with Crippen LogP contribution in [0.2, 0.25) is 0 Å². The van der Waals surface area contributed by atoms with Gasteiger partial charge >= 0.3 is 0 Å². The highest BCUT2D eigenvalue weighted by molar-refractivity contribution is 5.73. The van der Waals surface area contributed by atoms with Gasteiger partial charge in [0.05, 0.1) is 12.4 Å². The molecule has 1 saturated heterocycles. The topological polar surface area (TPSA) is 35.7 Å². The van der Waals surface area contributed by atoms with Crippen LogP contribution in [0.5, 0.6) is 0 Å². The Morgan fingerprint density at radius 2 is 1.90 bits per heavy atom. The van der Waals surface area contributed by atoms with Crippen LogP contribution < -0.4 is 15.6 Å². The third-order valence-corrected chi connectivity index (χ3v) is 4.95. The zero-order chi connectivity index (χ0) is 14.6. The van der Waals surface area contributed by atoms with Gasteiger partial charge in [-0.1, -0.05) is 0 Å². The van der Waals surface area contributed by atoms with Crippen LogP contribution in [-0.2, 0) is 6.54 Å². The molecule has 2 fully saturated rings. The summed E-state index contributed by atoms with van der Waals surface area (Å²) in [7, 11) is 0. The Hall–Kier alpha value is -1.33. The van der Waals surface area contributed by atoms with E-state index in [4.69, 9.17) is 5.84 Å². The van der Waals surface area contributed by atoms with E-state index in [1.54, 1.807) is 11.1 Å². The number of halogens is 1. The molecular weight excluding hydrogens is 267 g/mol. The average Bonchev–Trinajstić information content (AvgIpc) is 3.15. The maximum absolute atomic E-state index is 14.6. The molecule has 0 radical (unpaired) electrons. The molecule has 4 nitrogen and oxygen atoms in total. The number of hydrazine groups is 1. The van der Waals surface area contributed by atoms with E-state index in [1.807, 2.05) is 0 Å². The molecule has 0 unspecified atom stereocenters. The Morgan fingerprint density at radius 1 is 1.19 bits per heavy atom. The maximum atomic E-state index is 14.6. The summed E-state index contributed by atoms with van der Waals surface area (Å²) >= 11 is 0. The average molecular weight is 290 g/mol. The lowest BCUT2D eigenvalue weighted by atomic mass is 10.0. The predicted molar refractivity (Wildman–Crippen MR) is 82.7 cm³/mol. The summed E-state index contributed by atoms with van der Waals surface area (Å²) in [5, 5.41) is 1.79. The largest absolute Gasteiger partial charge is 0.369 e. The number of fused-ring (bicyclic) bond motifs is 1. The predicted octanol–water partition coefficient (Wildman–Crippen LogP) is 2.35. The first-order chi connectivity index (χ1) is 10.1. The van der Waals surface area contributed by atoms with Crippen molar-refractivity contribution in [2.75, 3.05) is 29.6 Å². The van der Waals surface area contributed by atoms with Crippen molar-refractivity contribution in [1.82, 2.24) is 5.01 Å². The molecule has 0 spiro atoms. The molecule has 1 aromatic carbocycles. The van der Waals surface area contributed by atoms with Gasteiger partial charge in [0, 0.05) is 31.4 Å². The molecule has 1 aliphatic carbocycles. The molecule has 0 amide bonds. The first-order valence-corrected chi connectivity index (χ1v) is 7.98. The van der Waals surface area contributed by atoms with Crippen LogP contribution in [0.4, 0.5) is 15.8 Å². The Bertz CT molecular complexity index is 564.